The van der Waals surface area contributed by atoms with E-state index >= 15 is 0 Å². The van der Waals surface area contributed by atoms with Crippen molar-refractivity contribution < 1.29 is 22.0 Å². The number of hydrogen-bond acceptors (Lipinski definition) is 4. The number of piperazine rings is 1. The second-order valence-corrected chi connectivity index (χ2v) is 9.96. The third-order valence-electron chi connectivity index (χ3n) is 6.00. The number of nitrogens with one attached hydrogen (secondary N) is 1. The summed E-state index contributed by atoms with van der Waals surface area (Å²) < 4.78 is 53.5. The van der Waals surface area contributed by atoms with E-state index in [2.05, 4.69) is 9.62 Å². The lowest BCUT2D eigenvalue weighted by atomic mass is 9.96. The summed E-state index contributed by atoms with van der Waals surface area (Å²) in [4.78, 5) is 17.0. The predicted molar refractivity (Wildman–Crippen MR) is 125 cm³/mol. The van der Waals surface area contributed by atoms with Crippen molar-refractivity contribution in [2.75, 3.05) is 33.2 Å². The topological polar surface area (TPSA) is 69.7 Å². The molecular formula is C25H25F2N3O3S. The Morgan fingerprint density at radius 2 is 1.38 bits per heavy atom. The molecular weight excluding hydrogens is 460 g/mol. The van der Waals surface area contributed by atoms with Gasteiger partial charge in [0.25, 0.3) is 5.91 Å². The van der Waals surface area contributed by atoms with E-state index in [9.17, 15) is 22.0 Å². The molecule has 178 valence electrons. The molecule has 1 amide bonds. The smallest absolute Gasteiger partial charge is 0.253 e. The number of nitrogens with zero attached hydrogens (tertiary/aromatic N) is 2. The maximum absolute atomic E-state index is 13.5. The Kier molecular flexibility index (Phi) is 7.06. The van der Waals surface area contributed by atoms with Crippen molar-refractivity contribution >= 4 is 15.9 Å². The highest BCUT2D eigenvalue weighted by Gasteiger charge is 2.29. The van der Waals surface area contributed by atoms with Gasteiger partial charge >= 0.3 is 0 Å². The van der Waals surface area contributed by atoms with Crippen molar-refractivity contribution in [2.24, 2.45) is 0 Å². The van der Waals surface area contributed by atoms with Gasteiger partial charge in [-0.1, -0.05) is 30.3 Å². The van der Waals surface area contributed by atoms with Crippen LogP contribution < -0.4 is 4.72 Å². The lowest BCUT2D eigenvalue weighted by molar-refractivity contribution is 0.0597. The highest BCUT2D eigenvalue weighted by atomic mass is 32.2. The van der Waals surface area contributed by atoms with Crippen LogP contribution in [0.2, 0.25) is 0 Å². The SMILES string of the molecule is CNS(=O)(=O)c1cccc(C(=O)N2CCN(C(c3ccc(F)cc3)c3ccc(F)cc3)CC2)c1. The van der Waals surface area contributed by atoms with E-state index in [1.807, 2.05) is 0 Å². The number of halogens is 2. The zero-order valence-electron chi connectivity index (χ0n) is 18.6. The predicted octanol–water partition coefficient (Wildman–Crippen LogP) is 3.42. The number of hydrogen-bond donors (Lipinski definition) is 1. The van der Waals surface area contributed by atoms with E-state index in [1.54, 1.807) is 41.3 Å². The van der Waals surface area contributed by atoms with Crippen LogP contribution in [0.4, 0.5) is 8.78 Å². The van der Waals surface area contributed by atoms with Crippen LogP contribution in [0.1, 0.15) is 27.5 Å². The van der Waals surface area contributed by atoms with Gasteiger partial charge < -0.3 is 4.90 Å². The minimum Gasteiger partial charge on any atom is -0.336 e. The monoisotopic (exact) mass is 485 g/mol. The standard InChI is InChI=1S/C25H25F2N3O3S/c1-28-34(32,33)23-4-2-3-20(17-23)25(31)30-15-13-29(14-16-30)24(18-5-9-21(26)10-6-18)19-7-11-22(27)12-8-19/h2-12,17,24,28H,13-16H2,1H3. The number of rotatable bonds is 6. The Labute approximate surface area is 197 Å². The molecule has 1 aliphatic rings. The van der Waals surface area contributed by atoms with Crippen LogP contribution in [-0.2, 0) is 10.0 Å². The molecule has 0 radical (unpaired) electrons. The van der Waals surface area contributed by atoms with Gasteiger partial charge in [-0.25, -0.2) is 21.9 Å². The van der Waals surface area contributed by atoms with Crippen LogP contribution in [0.15, 0.2) is 77.7 Å². The molecule has 4 rings (SSSR count). The molecule has 3 aromatic rings. The van der Waals surface area contributed by atoms with E-state index in [0.717, 1.165) is 11.1 Å². The van der Waals surface area contributed by atoms with Gasteiger partial charge in [0.2, 0.25) is 10.0 Å². The first kappa shape index (κ1) is 24.0. The van der Waals surface area contributed by atoms with E-state index in [0.29, 0.717) is 31.7 Å². The summed E-state index contributed by atoms with van der Waals surface area (Å²) in [5.74, 6) is -0.910. The molecule has 0 spiro atoms. The maximum Gasteiger partial charge on any atom is 0.253 e. The lowest BCUT2D eigenvalue weighted by Crippen LogP contribution is -2.49. The lowest BCUT2D eigenvalue weighted by Gasteiger charge is -2.39. The second kappa shape index (κ2) is 10.0. The Morgan fingerprint density at radius 1 is 0.853 bits per heavy atom. The Bertz CT molecular complexity index is 1210. The molecule has 1 saturated heterocycles. The number of carbonyl (C=O) groups excluding carboxylic acids is 1. The number of carbonyl (C=O) groups is 1. The highest BCUT2D eigenvalue weighted by molar-refractivity contribution is 7.89. The Morgan fingerprint density at radius 3 is 1.88 bits per heavy atom. The van der Waals surface area contributed by atoms with Crippen molar-refractivity contribution in [2.45, 2.75) is 10.9 Å². The average molecular weight is 486 g/mol. The average Bonchev–Trinajstić information content (AvgIpc) is 2.86. The summed E-state index contributed by atoms with van der Waals surface area (Å²) >= 11 is 0. The summed E-state index contributed by atoms with van der Waals surface area (Å²) in [5.41, 5.74) is 2.05. The van der Waals surface area contributed by atoms with Crippen LogP contribution in [0.3, 0.4) is 0 Å². The fourth-order valence-corrected chi connectivity index (χ4v) is 4.96. The van der Waals surface area contributed by atoms with E-state index in [-0.39, 0.29) is 28.5 Å². The number of benzene rings is 3. The summed E-state index contributed by atoms with van der Waals surface area (Å²) in [6.45, 7) is 1.95. The molecule has 9 heteroatoms. The molecule has 0 unspecified atom stereocenters. The largest absolute Gasteiger partial charge is 0.336 e. The van der Waals surface area contributed by atoms with Gasteiger partial charge in [-0.2, -0.15) is 0 Å². The fourth-order valence-electron chi connectivity index (χ4n) is 4.18. The molecule has 1 heterocycles. The summed E-state index contributed by atoms with van der Waals surface area (Å²) in [7, 11) is -2.33. The number of amides is 1. The van der Waals surface area contributed by atoms with Gasteiger partial charge in [-0.15, -0.1) is 0 Å². The molecule has 0 atom stereocenters. The Balaban J connectivity index is 1.53. The van der Waals surface area contributed by atoms with Gasteiger partial charge in [-0.3, -0.25) is 9.69 Å². The summed E-state index contributed by atoms with van der Waals surface area (Å²) in [6, 6.07) is 18.2. The Hall–Kier alpha value is -3.14. The third kappa shape index (κ3) is 5.16. The fraction of sp³-hybridized carbons (Fsp3) is 0.240. The van der Waals surface area contributed by atoms with Crippen LogP contribution in [0.25, 0.3) is 0 Å². The highest BCUT2D eigenvalue weighted by Crippen LogP contribution is 2.30. The normalized spacial score (nSPS) is 15.0. The summed E-state index contributed by atoms with van der Waals surface area (Å²) in [6.07, 6.45) is 0. The van der Waals surface area contributed by atoms with Gasteiger partial charge in [0.05, 0.1) is 10.9 Å². The molecule has 0 aromatic heterocycles. The minimum atomic E-state index is -3.65. The number of sulfonamides is 1. The molecule has 0 saturated carbocycles. The first-order valence-corrected chi connectivity index (χ1v) is 12.3. The van der Waals surface area contributed by atoms with Crippen LogP contribution in [-0.4, -0.2) is 57.4 Å². The summed E-state index contributed by atoms with van der Waals surface area (Å²) in [5, 5.41) is 0. The van der Waals surface area contributed by atoms with Crippen LogP contribution >= 0.6 is 0 Å². The molecule has 6 nitrogen and oxygen atoms in total. The maximum atomic E-state index is 13.5. The minimum absolute atomic E-state index is 0.0344. The van der Waals surface area contributed by atoms with Crippen molar-refractivity contribution in [3.63, 3.8) is 0 Å². The van der Waals surface area contributed by atoms with Crippen LogP contribution in [0.5, 0.6) is 0 Å². The molecule has 0 bridgehead atoms. The zero-order valence-corrected chi connectivity index (χ0v) is 19.4. The molecule has 34 heavy (non-hydrogen) atoms. The van der Waals surface area contributed by atoms with Gasteiger partial charge in [0.1, 0.15) is 11.6 Å². The molecule has 1 aliphatic heterocycles. The van der Waals surface area contributed by atoms with E-state index in [1.165, 1.54) is 43.4 Å². The van der Waals surface area contributed by atoms with Crippen molar-refractivity contribution in [1.82, 2.24) is 14.5 Å². The van der Waals surface area contributed by atoms with E-state index in [4.69, 9.17) is 0 Å². The first-order chi connectivity index (χ1) is 16.3. The van der Waals surface area contributed by atoms with Crippen molar-refractivity contribution in [1.29, 1.82) is 0 Å². The van der Waals surface area contributed by atoms with Gasteiger partial charge in [0, 0.05) is 31.7 Å². The second-order valence-electron chi connectivity index (χ2n) is 8.07. The van der Waals surface area contributed by atoms with E-state index < -0.39 is 10.0 Å². The third-order valence-corrected chi connectivity index (χ3v) is 7.41. The molecule has 0 aliphatic carbocycles. The molecule has 1 N–H and O–H groups in total. The van der Waals surface area contributed by atoms with Crippen LogP contribution in [0, 0.1) is 11.6 Å². The van der Waals surface area contributed by atoms with Crippen molar-refractivity contribution in [3.8, 4) is 0 Å². The van der Waals surface area contributed by atoms with Gasteiger partial charge in [-0.05, 0) is 60.6 Å². The zero-order chi connectivity index (χ0) is 24.3. The molecule has 1 fully saturated rings. The van der Waals surface area contributed by atoms with Crippen molar-refractivity contribution in [3.05, 3.63) is 101 Å². The molecule has 3 aromatic carbocycles. The van der Waals surface area contributed by atoms with Gasteiger partial charge in [0.15, 0.2) is 0 Å². The first-order valence-electron chi connectivity index (χ1n) is 10.9. The quantitative estimate of drug-likeness (QED) is 0.581.